The maximum absolute atomic E-state index is 11.8. The summed E-state index contributed by atoms with van der Waals surface area (Å²) in [6, 6.07) is 3.10. The van der Waals surface area contributed by atoms with E-state index in [1.165, 1.54) is 6.07 Å². The lowest BCUT2D eigenvalue weighted by atomic mass is 10.3. The Morgan fingerprint density at radius 1 is 1.20 bits per heavy atom. The highest BCUT2D eigenvalue weighted by molar-refractivity contribution is 5.78. The summed E-state index contributed by atoms with van der Waals surface area (Å²) in [5.74, 6) is 0.170. The topological polar surface area (TPSA) is 71.6 Å². The Morgan fingerprint density at radius 3 is 2.80 bits per heavy atom. The molecule has 1 aliphatic heterocycles. The van der Waals surface area contributed by atoms with Crippen LogP contribution < -0.4 is 11.3 Å². The first-order chi connectivity index (χ1) is 9.56. The van der Waals surface area contributed by atoms with Gasteiger partial charge in [-0.3, -0.25) is 14.5 Å². The van der Waals surface area contributed by atoms with Gasteiger partial charge in [-0.15, -0.1) is 0 Å². The summed E-state index contributed by atoms with van der Waals surface area (Å²) >= 11 is 0. The van der Waals surface area contributed by atoms with E-state index in [0.717, 1.165) is 32.5 Å². The van der Waals surface area contributed by atoms with Gasteiger partial charge in [0.2, 0.25) is 5.91 Å². The number of rotatable bonds is 4. The Labute approximate surface area is 118 Å². The third-order valence-electron chi connectivity index (χ3n) is 3.63. The van der Waals surface area contributed by atoms with Crippen molar-refractivity contribution in [2.45, 2.75) is 19.4 Å². The van der Waals surface area contributed by atoms with Gasteiger partial charge in [-0.2, -0.15) is 0 Å². The number of carbonyl (C=O) groups is 1. The average molecular weight is 278 g/mol. The predicted molar refractivity (Wildman–Crippen MR) is 78.4 cm³/mol. The second-order valence-corrected chi connectivity index (χ2v) is 5.29. The zero-order valence-corrected chi connectivity index (χ0v) is 11.9. The Balaban J connectivity index is 1.85. The van der Waals surface area contributed by atoms with E-state index in [9.17, 15) is 9.59 Å². The van der Waals surface area contributed by atoms with Crippen LogP contribution in [0.3, 0.4) is 0 Å². The molecule has 0 radical (unpaired) electrons. The van der Waals surface area contributed by atoms with Gasteiger partial charge in [-0.1, -0.05) is 0 Å². The molecule has 1 fully saturated rings. The molecule has 6 nitrogen and oxygen atoms in total. The maximum Gasteiger partial charge on any atom is 0.250 e. The van der Waals surface area contributed by atoms with Gasteiger partial charge in [0.1, 0.15) is 0 Å². The number of amides is 1. The molecule has 0 saturated carbocycles. The van der Waals surface area contributed by atoms with Crippen molar-refractivity contribution in [2.75, 3.05) is 39.0 Å². The molecule has 0 spiro atoms. The Hall–Kier alpha value is -1.82. The highest BCUT2D eigenvalue weighted by Gasteiger charge is 2.18. The number of hydrogen-bond acceptors (Lipinski definition) is 4. The van der Waals surface area contributed by atoms with Crippen LogP contribution in [0.15, 0.2) is 23.1 Å². The lowest BCUT2D eigenvalue weighted by Crippen LogP contribution is -2.35. The van der Waals surface area contributed by atoms with E-state index >= 15 is 0 Å². The number of carbonyl (C=O) groups excluding carboxylic acids is 1. The van der Waals surface area contributed by atoms with Crippen LogP contribution in [0.4, 0.5) is 5.69 Å². The molecule has 0 bridgehead atoms. The van der Waals surface area contributed by atoms with Crippen molar-refractivity contribution >= 4 is 11.6 Å². The van der Waals surface area contributed by atoms with Gasteiger partial charge in [-0.05, 0) is 18.9 Å². The van der Waals surface area contributed by atoms with Crippen LogP contribution in [0.1, 0.15) is 12.8 Å². The van der Waals surface area contributed by atoms with E-state index in [2.05, 4.69) is 4.90 Å². The van der Waals surface area contributed by atoms with Gasteiger partial charge in [0.05, 0.1) is 6.54 Å². The summed E-state index contributed by atoms with van der Waals surface area (Å²) < 4.78 is 1.63. The minimum atomic E-state index is -0.0362. The molecule has 1 aliphatic rings. The van der Waals surface area contributed by atoms with Crippen molar-refractivity contribution in [1.82, 2.24) is 14.4 Å². The number of anilines is 1. The number of nitrogens with zero attached hydrogens (tertiary/aromatic N) is 3. The van der Waals surface area contributed by atoms with Crippen molar-refractivity contribution in [3.63, 3.8) is 0 Å². The molecule has 2 heterocycles. The van der Waals surface area contributed by atoms with Crippen molar-refractivity contribution in [2.24, 2.45) is 0 Å². The minimum absolute atomic E-state index is 0.0362. The molecular weight excluding hydrogens is 256 g/mol. The van der Waals surface area contributed by atoms with Crippen LogP contribution in [0.25, 0.3) is 0 Å². The highest BCUT2D eigenvalue weighted by Crippen LogP contribution is 2.04. The van der Waals surface area contributed by atoms with Gasteiger partial charge in [0, 0.05) is 51.2 Å². The van der Waals surface area contributed by atoms with E-state index in [-0.39, 0.29) is 11.5 Å². The minimum Gasteiger partial charge on any atom is -0.398 e. The molecule has 0 atom stereocenters. The first-order valence-corrected chi connectivity index (χ1v) is 6.98. The monoisotopic (exact) mass is 278 g/mol. The van der Waals surface area contributed by atoms with E-state index in [0.29, 0.717) is 18.8 Å². The van der Waals surface area contributed by atoms with Gasteiger partial charge in [0.15, 0.2) is 0 Å². The zero-order valence-electron chi connectivity index (χ0n) is 11.9. The molecule has 0 aliphatic carbocycles. The second-order valence-electron chi connectivity index (χ2n) is 5.29. The lowest BCUT2D eigenvalue weighted by molar-refractivity contribution is -0.129. The molecule has 1 saturated heterocycles. The fraction of sp³-hybridized carbons (Fsp3) is 0.571. The molecule has 0 aromatic carbocycles. The van der Waals surface area contributed by atoms with Crippen LogP contribution in [0.2, 0.25) is 0 Å². The van der Waals surface area contributed by atoms with E-state index < -0.39 is 0 Å². The number of nitrogens with two attached hydrogens (primary N) is 1. The van der Waals surface area contributed by atoms with Crippen molar-refractivity contribution in [1.29, 1.82) is 0 Å². The molecule has 1 amide bonds. The van der Waals surface area contributed by atoms with Gasteiger partial charge in [-0.25, -0.2) is 0 Å². The summed E-state index contributed by atoms with van der Waals surface area (Å²) in [6.45, 7) is 3.68. The molecule has 110 valence electrons. The first-order valence-electron chi connectivity index (χ1n) is 6.98. The predicted octanol–water partition coefficient (Wildman–Crippen LogP) is -0.0153. The number of aromatic nitrogens is 1. The van der Waals surface area contributed by atoms with Crippen LogP contribution in [-0.4, -0.2) is 53.5 Å². The maximum atomic E-state index is 11.8. The van der Waals surface area contributed by atoms with Crippen molar-refractivity contribution in [3.8, 4) is 0 Å². The lowest BCUT2D eigenvalue weighted by Gasteiger charge is -2.19. The Bertz CT molecular complexity index is 526. The summed E-state index contributed by atoms with van der Waals surface area (Å²) in [4.78, 5) is 27.3. The fourth-order valence-corrected chi connectivity index (χ4v) is 2.43. The summed E-state index contributed by atoms with van der Waals surface area (Å²) in [7, 11) is 1.85. The third kappa shape index (κ3) is 3.84. The van der Waals surface area contributed by atoms with Crippen LogP contribution >= 0.6 is 0 Å². The quantitative estimate of drug-likeness (QED) is 0.840. The summed E-state index contributed by atoms with van der Waals surface area (Å²) in [5.41, 5.74) is 6.23. The van der Waals surface area contributed by atoms with E-state index in [4.69, 9.17) is 5.73 Å². The van der Waals surface area contributed by atoms with Gasteiger partial charge in [0.25, 0.3) is 5.56 Å². The summed E-state index contributed by atoms with van der Waals surface area (Å²) in [5, 5.41) is 0. The number of aryl methyl sites for hydroxylation is 1. The van der Waals surface area contributed by atoms with Gasteiger partial charge >= 0.3 is 0 Å². The number of nitrogen functional groups attached to an aromatic ring is 1. The summed E-state index contributed by atoms with van der Waals surface area (Å²) in [6.07, 6.45) is 3.50. The molecule has 1 aromatic rings. The van der Waals surface area contributed by atoms with Crippen molar-refractivity contribution in [3.05, 3.63) is 28.7 Å². The smallest absolute Gasteiger partial charge is 0.250 e. The number of pyridine rings is 1. The van der Waals surface area contributed by atoms with E-state index in [1.54, 1.807) is 21.7 Å². The molecule has 2 rings (SSSR count). The fourth-order valence-electron chi connectivity index (χ4n) is 2.43. The SMILES string of the molecule is CN1CCCN(CCCn2cc(N)ccc2=O)CC1=O. The molecule has 1 aromatic heterocycles. The highest BCUT2D eigenvalue weighted by atomic mass is 16.2. The zero-order chi connectivity index (χ0) is 14.5. The Morgan fingerprint density at radius 2 is 2.00 bits per heavy atom. The molecule has 2 N–H and O–H groups in total. The molecule has 6 heteroatoms. The van der Waals surface area contributed by atoms with Crippen molar-refractivity contribution < 1.29 is 4.79 Å². The molecular formula is C14H22N4O2. The first kappa shape index (κ1) is 14.6. The number of likely N-dealkylation sites (N-methyl/N-ethyl adjacent to an activating group) is 1. The third-order valence-corrected chi connectivity index (χ3v) is 3.63. The average Bonchev–Trinajstić information content (AvgIpc) is 2.56. The second kappa shape index (κ2) is 6.56. The van der Waals surface area contributed by atoms with Gasteiger partial charge < -0.3 is 15.2 Å². The number of hydrogen-bond donors (Lipinski definition) is 1. The molecule has 20 heavy (non-hydrogen) atoms. The van der Waals surface area contributed by atoms with Crippen LogP contribution in [0, 0.1) is 0 Å². The van der Waals surface area contributed by atoms with Crippen LogP contribution in [0.5, 0.6) is 0 Å². The Kier molecular flexibility index (Phi) is 4.79. The molecule has 0 unspecified atom stereocenters. The standard InChI is InChI=1S/C14H22N4O2/c1-16-6-2-7-17(11-14(16)20)8-3-9-18-10-12(15)4-5-13(18)19/h4-5,10H,2-3,6-9,11,15H2,1H3. The normalized spacial score (nSPS) is 17.2. The van der Waals surface area contributed by atoms with E-state index in [1.807, 2.05) is 7.05 Å². The van der Waals surface area contributed by atoms with Crippen LogP contribution in [-0.2, 0) is 11.3 Å². The largest absolute Gasteiger partial charge is 0.398 e.